The fourth-order valence-electron chi connectivity index (χ4n) is 2.52. The molecule has 0 amide bonds. The number of nitrogens with zero attached hydrogens (tertiary/aromatic N) is 4. The lowest BCUT2D eigenvalue weighted by Crippen LogP contribution is -2.15. The Labute approximate surface area is 126 Å². The van der Waals surface area contributed by atoms with E-state index in [1.807, 2.05) is 0 Å². The Morgan fingerprint density at radius 2 is 1.50 bits per heavy atom. The topological polar surface area (TPSA) is 92.8 Å². The van der Waals surface area contributed by atoms with Gasteiger partial charge < -0.3 is 9.80 Å². The zero-order chi connectivity index (χ0) is 16.6. The molecule has 0 aliphatic heterocycles. The van der Waals surface area contributed by atoms with Crippen LogP contribution in [-0.4, -0.2) is 38.0 Å². The number of fused-ring (bicyclic) bond motifs is 1. The van der Waals surface area contributed by atoms with Gasteiger partial charge in [-0.1, -0.05) is 6.07 Å². The number of nitro benzene ring substituents is 2. The maximum Gasteiger partial charge on any atom is 0.300 e. The van der Waals surface area contributed by atoms with Gasteiger partial charge in [0.05, 0.1) is 21.3 Å². The lowest BCUT2D eigenvalue weighted by molar-refractivity contribution is -0.392. The fraction of sp³-hybridized carbons (Fsp3) is 0.286. The van der Waals surface area contributed by atoms with E-state index in [0.29, 0.717) is 22.1 Å². The average Bonchev–Trinajstić information content (AvgIpc) is 2.43. The SMILES string of the molecule is CN(C)c1cccc2c([N+](=O)[O-])cc([N+](=O)[O-])c(N(C)C)c12. The summed E-state index contributed by atoms with van der Waals surface area (Å²) in [5, 5.41) is 23.6. The lowest BCUT2D eigenvalue weighted by atomic mass is 10.0. The number of anilines is 2. The highest BCUT2D eigenvalue weighted by Crippen LogP contribution is 2.44. The third-order valence-corrected chi connectivity index (χ3v) is 3.39. The molecule has 22 heavy (non-hydrogen) atoms. The summed E-state index contributed by atoms with van der Waals surface area (Å²) in [5.41, 5.74) is 0.498. The molecule has 0 atom stereocenters. The molecule has 0 radical (unpaired) electrons. The van der Waals surface area contributed by atoms with Crippen LogP contribution in [0.3, 0.4) is 0 Å². The van der Waals surface area contributed by atoms with E-state index in [-0.39, 0.29) is 11.4 Å². The van der Waals surface area contributed by atoms with Crippen LogP contribution < -0.4 is 9.80 Å². The smallest absolute Gasteiger partial charge is 0.300 e. The van der Waals surface area contributed by atoms with Crippen LogP contribution in [0.25, 0.3) is 10.8 Å². The first-order valence-electron chi connectivity index (χ1n) is 6.48. The summed E-state index contributed by atoms with van der Waals surface area (Å²) < 4.78 is 0. The van der Waals surface area contributed by atoms with Gasteiger partial charge in [0.2, 0.25) is 0 Å². The van der Waals surface area contributed by atoms with Crippen LogP contribution in [-0.2, 0) is 0 Å². The summed E-state index contributed by atoms with van der Waals surface area (Å²) in [4.78, 5) is 24.9. The average molecular weight is 304 g/mol. The number of nitro groups is 2. The molecule has 0 aromatic heterocycles. The van der Waals surface area contributed by atoms with Crippen LogP contribution in [0.1, 0.15) is 0 Å². The molecule has 0 saturated carbocycles. The molecule has 0 aliphatic rings. The number of rotatable bonds is 4. The summed E-state index contributed by atoms with van der Waals surface area (Å²) >= 11 is 0. The molecule has 0 N–H and O–H groups in total. The largest absolute Gasteiger partial charge is 0.377 e. The highest BCUT2D eigenvalue weighted by atomic mass is 16.6. The van der Waals surface area contributed by atoms with Crippen molar-refractivity contribution in [3.8, 4) is 0 Å². The summed E-state index contributed by atoms with van der Waals surface area (Å²) in [7, 11) is 6.94. The van der Waals surface area contributed by atoms with Gasteiger partial charge in [-0.25, -0.2) is 0 Å². The molecule has 0 heterocycles. The quantitative estimate of drug-likeness (QED) is 0.637. The molecule has 8 heteroatoms. The van der Waals surface area contributed by atoms with Crippen LogP contribution >= 0.6 is 0 Å². The van der Waals surface area contributed by atoms with Crippen molar-refractivity contribution in [2.24, 2.45) is 0 Å². The van der Waals surface area contributed by atoms with E-state index in [0.717, 1.165) is 6.07 Å². The van der Waals surface area contributed by atoms with Gasteiger partial charge in [-0.05, 0) is 12.1 Å². The van der Waals surface area contributed by atoms with Gasteiger partial charge in [-0.2, -0.15) is 0 Å². The molecule has 0 saturated heterocycles. The molecule has 2 aromatic rings. The van der Waals surface area contributed by atoms with Crippen LogP contribution in [0.15, 0.2) is 24.3 Å². The van der Waals surface area contributed by atoms with Gasteiger partial charge in [0, 0.05) is 39.3 Å². The Balaban J connectivity index is 3.10. The monoisotopic (exact) mass is 304 g/mol. The van der Waals surface area contributed by atoms with Gasteiger partial charge >= 0.3 is 0 Å². The summed E-state index contributed by atoms with van der Waals surface area (Å²) in [6.07, 6.45) is 0. The third-order valence-electron chi connectivity index (χ3n) is 3.39. The molecule has 0 bridgehead atoms. The van der Waals surface area contributed by atoms with Crippen molar-refractivity contribution in [1.82, 2.24) is 0 Å². The normalized spacial score (nSPS) is 10.5. The first-order chi connectivity index (χ1) is 10.3. The predicted molar refractivity (Wildman–Crippen MR) is 85.9 cm³/mol. The zero-order valence-electron chi connectivity index (χ0n) is 12.7. The molecular weight excluding hydrogens is 288 g/mol. The molecule has 8 nitrogen and oxygen atoms in total. The zero-order valence-corrected chi connectivity index (χ0v) is 12.7. The van der Waals surface area contributed by atoms with E-state index in [4.69, 9.17) is 0 Å². The van der Waals surface area contributed by atoms with Gasteiger partial charge in [-0.3, -0.25) is 20.2 Å². The second-order valence-corrected chi connectivity index (χ2v) is 5.27. The van der Waals surface area contributed by atoms with Crippen molar-refractivity contribution in [2.75, 3.05) is 38.0 Å². The Morgan fingerprint density at radius 1 is 0.909 bits per heavy atom. The molecule has 2 aromatic carbocycles. The summed E-state index contributed by atoms with van der Waals surface area (Å²) in [5.74, 6) is 0. The van der Waals surface area contributed by atoms with Crippen LogP contribution in [0.2, 0.25) is 0 Å². The van der Waals surface area contributed by atoms with Crippen molar-refractivity contribution >= 4 is 33.5 Å². The first-order valence-corrected chi connectivity index (χ1v) is 6.48. The van der Waals surface area contributed by atoms with E-state index in [1.165, 1.54) is 0 Å². The molecule has 0 spiro atoms. The van der Waals surface area contributed by atoms with Gasteiger partial charge in [0.15, 0.2) is 0 Å². The van der Waals surface area contributed by atoms with E-state index >= 15 is 0 Å². The maximum absolute atomic E-state index is 11.4. The van der Waals surface area contributed by atoms with E-state index in [2.05, 4.69) is 0 Å². The Bertz CT molecular complexity index is 771. The summed E-state index contributed by atoms with van der Waals surface area (Å²) in [6, 6.07) is 6.12. The van der Waals surface area contributed by atoms with Crippen molar-refractivity contribution < 1.29 is 9.85 Å². The highest BCUT2D eigenvalue weighted by Gasteiger charge is 2.28. The number of hydrogen-bond donors (Lipinski definition) is 0. The Morgan fingerprint density at radius 3 is 1.95 bits per heavy atom. The minimum Gasteiger partial charge on any atom is -0.377 e. The molecule has 0 unspecified atom stereocenters. The lowest BCUT2D eigenvalue weighted by Gasteiger charge is -2.21. The van der Waals surface area contributed by atoms with E-state index in [9.17, 15) is 20.2 Å². The summed E-state index contributed by atoms with van der Waals surface area (Å²) in [6.45, 7) is 0. The minimum absolute atomic E-state index is 0.268. The maximum atomic E-state index is 11.4. The van der Waals surface area contributed by atoms with Gasteiger partial charge in [0.25, 0.3) is 11.4 Å². The van der Waals surface area contributed by atoms with Gasteiger partial charge in [-0.15, -0.1) is 0 Å². The molecular formula is C14H16N4O4. The van der Waals surface area contributed by atoms with Crippen LogP contribution in [0, 0.1) is 20.2 Å². The van der Waals surface area contributed by atoms with Gasteiger partial charge in [0.1, 0.15) is 5.69 Å². The number of hydrogen-bond acceptors (Lipinski definition) is 6. The highest BCUT2D eigenvalue weighted by molar-refractivity contribution is 6.10. The third kappa shape index (κ3) is 2.39. The second-order valence-electron chi connectivity index (χ2n) is 5.27. The Kier molecular flexibility index (Phi) is 3.85. The van der Waals surface area contributed by atoms with Crippen LogP contribution in [0.5, 0.6) is 0 Å². The van der Waals surface area contributed by atoms with Crippen LogP contribution in [0.4, 0.5) is 22.7 Å². The fourth-order valence-corrected chi connectivity index (χ4v) is 2.52. The van der Waals surface area contributed by atoms with E-state index in [1.54, 1.807) is 56.2 Å². The Hall–Kier alpha value is -2.90. The minimum atomic E-state index is -0.589. The molecule has 0 fully saturated rings. The van der Waals surface area contributed by atoms with Crippen molar-refractivity contribution in [3.05, 3.63) is 44.5 Å². The van der Waals surface area contributed by atoms with Crippen molar-refractivity contribution in [3.63, 3.8) is 0 Å². The van der Waals surface area contributed by atoms with E-state index < -0.39 is 9.85 Å². The standard InChI is InChI=1S/C14H16N4O4/c1-15(2)10-7-5-6-9-11(17(19)20)8-12(18(21)22)14(13(9)10)16(3)4/h5-8H,1-4H3. The predicted octanol–water partition coefficient (Wildman–Crippen LogP) is 2.79. The second kappa shape index (κ2) is 5.47. The number of non-ortho nitro benzene ring substituents is 1. The molecule has 2 rings (SSSR count). The van der Waals surface area contributed by atoms with Crippen molar-refractivity contribution in [1.29, 1.82) is 0 Å². The molecule has 0 aliphatic carbocycles. The number of benzene rings is 2. The first kappa shape index (κ1) is 15.5. The van der Waals surface area contributed by atoms with Crippen molar-refractivity contribution in [2.45, 2.75) is 0 Å². The molecule has 116 valence electrons.